The zero-order chi connectivity index (χ0) is 12.1. The number of aromatic nitrogens is 2. The number of hydrogen-bond acceptors (Lipinski definition) is 4. The van der Waals surface area contributed by atoms with Crippen LogP contribution in [0.1, 0.15) is 16.3 Å². The van der Waals surface area contributed by atoms with Crippen molar-refractivity contribution in [2.45, 2.75) is 13.5 Å². The van der Waals surface area contributed by atoms with Gasteiger partial charge in [-0.1, -0.05) is 0 Å². The van der Waals surface area contributed by atoms with Gasteiger partial charge >= 0.3 is 5.97 Å². The fraction of sp³-hybridized carbons (Fsp3) is 0.333. The Kier molecular flexibility index (Phi) is 3.61. The number of amides is 1. The highest BCUT2D eigenvalue weighted by molar-refractivity contribution is 5.86. The number of aryl methyl sites for hydroxylation is 1. The predicted octanol–water partition coefficient (Wildman–Crippen LogP) is -0.470. The third kappa shape index (κ3) is 2.57. The first-order valence-electron chi connectivity index (χ1n) is 4.45. The van der Waals surface area contributed by atoms with Crippen LogP contribution in [-0.2, 0) is 11.3 Å². The van der Waals surface area contributed by atoms with E-state index < -0.39 is 11.9 Å². The number of imidazole rings is 1. The highest BCUT2D eigenvalue weighted by Gasteiger charge is 2.15. The molecule has 0 unspecified atom stereocenters. The minimum absolute atomic E-state index is 0.0513. The maximum atomic E-state index is 11.3. The molecule has 0 spiro atoms. The molecule has 1 aromatic heterocycles. The lowest BCUT2D eigenvalue weighted by Gasteiger charge is -2.06. The number of carbonyl (C=O) groups excluding carboxylic acids is 1. The van der Waals surface area contributed by atoms with E-state index in [0.717, 1.165) is 0 Å². The fourth-order valence-electron chi connectivity index (χ4n) is 1.18. The van der Waals surface area contributed by atoms with Gasteiger partial charge in [-0.25, -0.2) is 9.78 Å². The highest BCUT2D eigenvalue weighted by Crippen LogP contribution is 2.04. The summed E-state index contributed by atoms with van der Waals surface area (Å²) < 4.78 is 1.27. The van der Waals surface area contributed by atoms with Crippen LogP contribution < -0.4 is 5.32 Å². The van der Waals surface area contributed by atoms with Crippen LogP contribution in [0.3, 0.4) is 0 Å². The first kappa shape index (κ1) is 11.7. The fourth-order valence-corrected chi connectivity index (χ4v) is 1.18. The number of nitrogens with zero attached hydrogens (tertiary/aromatic N) is 3. The zero-order valence-corrected chi connectivity index (χ0v) is 8.60. The Hall–Kier alpha value is -2.36. The lowest BCUT2D eigenvalue weighted by atomic mass is 10.4. The number of aromatic carboxylic acids is 1. The molecule has 0 saturated carbocycles. The van der Waals surface area contributed by atoms with Gasteiger partial charge in [-0.15, -0.1) is 0 Å². The summed E-state index contributed by atoms with van der Waals surface area (Å²) in [4.78, 5) is 25.9. The standard InChI is InChI=1S/C9H10N4O3/c1-6-12-4-7(9(15)16)13(6)5-8(14)11-3-2-10/h4H,3,5H2,1H3,(H,11,14)(H,15,16). The second kappa shape index (κ2) is 4.93. The van der Waals surface area contributed by atoms with Crippen molar-refractivity contribution in [3.05, 3.63) is 17.7 Å². The van der Waals surface area contributed by atoms with Gasteiger partial charge < -0.3 is 15.0 Å². The number of hydrogen-bond donors (Lipinski definition) is 2. The Morgan fingerprint density at radius 1 is 1.69 bits per heavy atom. The van der Waals surface area contributed by atoms with Crippen molar-refractivity contribution in [3.8, 4) is 6.07 Å². The first-order valence-corrected chi connectivity index (χ1v) is 4.45. The minimum Gasteiger partial charge on any atom is -0.477 e. The van der Waals surface area contributed by atoms with Crippen LogP contribution in [0.4, 0.5) is 0 Å². The zero-order valence-electron chi connectivity index (χ0n) is 8.60. The monoisotopic (exact) mass is 222 g/mol. The summed E-state index contributed by atoms with van der Waals surface area (Å²) in [6, 6.07) is 1.76. The normalized spacial score (nSPS) is 9.50. The van der Waals surface area contributed by atoms with Crippen LogP contribution in [0.2, 0.25) is 0 Å². The van der Waals surface area contributed by atoms with Crippen LogP contribution in [0.25, 0.3) is 0 Å². The molecule has 0 aliphatic carbocycles. The van der Waals surface area contributed by atoms with E-state index in [1.165, 1.54) is 10.8 Å². The second-order valence-corrected chi connectivity index (χ2v) is 3.02. The number of nitriles is 1. The molecule has 1 heterocycles. The van der Waals surface area contributed by atoms with Gasteiger partial charge in [0.15, 0.2) is 0 Å². The van der Waals surface area contributed by atoms with Gasteiger partial charge in [-0.3, -0.25) is 4.79 Å². The van der Waals surface area contributed by atoms with Crippen molar-refractivity contribution < 1.29 is 14.7 Å². The Labute approximate surface area is 91.3 Å². The molecular formula is C9H10N4O3. The van der Waals surface area contributed by atoms with E-state index in [-0.39, 0.29) is 18.8 Å². The highest BCUT2D eigenvalue weighted by atomic mass is 16.4. The van der Waals surface area contributed by atoms with Gasteiger partial charge in [-0.05, 0) is 6.92 Å². The summed E-state index contributed by atoms with van der Waals surface area (Å²) >= 11 is 0. The molecule has 0 saturated heterocycles. The molecular weight excluding hydrogens is 212 g/mol. The number of carboxylic acid groups (broad SMARTS) is 1. The third-order valence-corrected chi connectivity index (χ3v) is 1.94. The van der Waals surface area contributed by atoms with Crippen LogP contribution >= 0.6 is 0 Å². The van der Waals surface area contributed by atoms with Crippen LogP contribution in [0.5, 0.6) is 0 Å². The second-order valence-electron chi connectivity index (χ2n) is 3.02. The molecule has 0 fully saturated rings. The summed E-state index contributed by atoms with van der Waals surface area (Å²) in [5.74, 6) is -1.14. The molecule has 0 atom stereocenters. The van der Waals surface area contributed by atoms with Crippen LogP contribution in [-0.4, -0.2) is 33.1 Å². The molecule has 84 valence electrons. The predicted molar refractivity (Wildman–Crippen MR) is 52.5 cm³/mol. The largest absolute Gasteiger partial charge is 0.477 e. The molecule has 0 bridgehead atoms. The maximum absolute atomic E-state index is 11.3. The average molecular weight is 222 g/mol. The molecule has 16 heavy (non-hydrogen) atoms. The Bertz CT molecular complexity index is 458. The van der Waals surface area contributed by atoms with E-state index in [9.17, 15) is 9.59 Å². The summed E-state index contributed by atoms with van der Waals surface area (Å²) in [7, 11) is 0. The molecule has 1 amide bonds. The van der Waals surface area contributed by atoms with Crippen LogP contribution in [0, 0.1) is 18.3 Å². The van der Waals surface area contributed by atoms with E-state index in [4.69, 9.17) is 10.4 Å². The summed E-state index contributed by atoms with van der Waals surface area (Å²) in [6.07, 6.45) is 1.19. The smallest absolute Gasteiger partial charge is 0.354 e. The molecule has 1 aromatic rings. The number of rotatable bonds is 4. The maximum Gasteiger partial charge on any atom is 0.354 e. The van der Waals surface area contributed by atoms with E-state index in [1.807, 2.05) is 0 Å². The number of carboxylic acids is 1. The van der Waals surface area contributed by atoms with Crippen molar-refractivity contribution in [2.24, 2.45) is 0 Å². The van der Waals surface area contributed by atoms with Gasteiger partial charge in [-0.2, -0.15) is 5.26 Å². The summed E-state index contributed by atoms with van der Waals surface area (Å²) in [5.41, 5.74) is -0.0513. The molecule has 7 nitrogen and oxygen atoms in total. The quantitative estimate of drug-likeness (QED) is 0.669. The number of carbonyl (C=O) groups is 2. The van der Waals surface area contributed by atoms with Gasteiger partial charge in [0.2, 0.25) is 5.91 Å². The van der Waals surface area contributed by atoms with Gasteiger partial charge in [0.25, 0.3) is 0 Å². The Morgan fingerprint density at radius 3 is 2.94 bits per heavy atom. The van der Waals surface area contributed by atoms with E-state index in [0.29, 0.717) is 5.82 Å². The SMILES string of the molecule is Cc1ncc(C(=O)O)n1CC(=O)NCC#N. The van der Waals surface area contributed by atoms with Gasteiger partial charge in [0, 0.05) is 0 Å². The molecule has 0 aromatic carbocycles. The number of nitrogens with one attached hydrogen (secondary N) is 1. The van der Waals surface area contributed by atoms with Crippen molar-refractivity contribution in [3.63, 3.8) is 0 Å². The van der Waals surface area contributed by atoms with E-state index in [1.54, 1.807) is 13.0 Å². The van der Waals surface area contributed by atoms with Gasteiger partial charge in [0.1, 0.15) is 24.6 Å². The topological polar surface area (TPSA) is 108 Å². The van der Waals surface area contributed by atoms with E-state index in [2.05, 4.69) is 10.3 Å². The first-order chi connectivity index (χ1) is 7.56. The summed E-state index contributed by atoms with van der Waals surface area (Å²) in [6.45, 7) is 1.34. The molecule has 0 radical (unpaired) electrons. The van der Waals surface area contributed by atoms with Gasteiger partial charge in [0.05, 0.1) is 12.3 Å². The molecule has 2 N–H and O–H groups in total. The lowest BCUT2D eigenvalue weighted by Crippen LogP contribution is -2.29. The van der Waals surface area contributed by atoms with Crippen molar-refractivity contribution >= 4 is 11.9 Å². The Balaban J connectivity index is 2.80. The third-order valence-electron chi connectivity index (χ3n) is 1.94. The summed E-state index contributed by atoms with van der Waals surface area (Å²) in [5, 5.41) is 19.4. The van der Waals surface area contributed by atoms with E-state index >= 15 is 0 Å². The van der Waals surface area contributed by atoms with Crippen molar-refractivity contribution in [1.29, 1.82) is 5.26 Å². The molecule has 1 rings (SSSR count). The van der Waals surface area contributed by atoms with Crippen molar-refractivity contribution in [1.82, 2.24) is 14.9 Å². The van der Waals surface area contributed by atoms with Crippen LogP contribution in [0.15, 0.2) is 6.20 Å². The molecule has 0 aliphatic rings. The Morgan fingerprint density at radius 2 is 2.38 bits per heavy atom. The molecule has 7 heteroatoms. The van der Waals surface area contributed by atoms with Crippen molar-refractivity contribution in [2.75, 3.05) is 6.54 Å². The minimum atomic E-state index is -1.14. The lowest BCUT2D eigenvalue weighted by molar-refractivity contribution is -0.121. The molecule has 0 aliphatic heterocycles. The average Bonchev–Trinajstić information content (AvgIpc) is 2.58.